The zero-order chi connectivity index (χ0) is 16.5. The smallest absolute Gasteiger partial charge is 0.240 e. The van der Waals surface area contributed by atoms with Crippen LogP contribution in [-0.4, -0.2) is 50.4 Å². The molecule has 1 saturated heterocycles. The molecule has 128 valence electrons. The van der Waals surface area contributed by atoms with Crippen molar-refractivity contribution in [3.63, 3.8) is 0 Å². The highest BCUT2D eigenvalue weighted by molar-refractivity contribution is 5.90. The van der Waals surface area contributed by atoms with Gasteiger partial charge in [-0.1, -0.05) is 5.16 Å². The normalized spacial score (nSPS) is 18.7. The average Bonchev–Trinajstić information content (AvgIpc) is 3.25. The first-order valence-electron chi connectivity index (χ1n) is 8.56. The Labute approximate surface area is 140 Å². The molecular weight excluding hydrogens is 308 g/mol. The van der Waals surface area contributed by atoms with E-state index in [1.807, 2.05) is 6.92 Å². The highest BCUT2D eigenvalue weighted by Crippen LogP contribution is 2.29. The lowest BCUT2D eigenvalue weighted by Gasteiger charge is -2.30. The predicted octanol–water partition coefficient (Wildman–Crippen LogP) is 1.34. The van der Waals surface area contributed by atoms with Crippen LogP contribution < -0.4 is 5.32 Å². The average molecular weight is 330 g/mol. The fourth-order valence-electron chi connectivity index (χ4n) is 3.63. The summed E-state index contributed by atoms with van der Waals surface area (Å²) in [7, 11) is 0. The second-order valence-corrected chi connectivity index (χ2v) is 6.66. The Hall–Kier alpha value is -2.22. The van der Waals surface area contributed by atoms with Gasteiger partial charge in [-0.25, -0.2) is 0 Å². The monoisotopic (exact) mass is 330 g/mol. The Bertz CT molecular complexity index is 729. The Morgan fingerprint density at radius 2 is 2.17 bits per heavy atom. The lowest BCUT2D eigenvalue weighted by Crippen LogP contribution is -2.39. The number of nitrogens with zero attached hydrogens (tertiary/aromatic N) is 5. The number of rotatable bonds is 4. The first-order valence-corrected chi connectivity index (χ1v) is 8.56. The highest BCUT2D eigenvalue weighted by Gasteiger charge is 2.28. The Kier molecular flexibility index (Phi) is 4.05. The van der Waals surface area contributed by atoms with Crippen molar-refractivity contribution in [2.45, 2.75) is 45.1 Å². The maximum atomic E-state index is 12.1. The van der Waals surface area contributed by atoms with Crippen LogP contribution in [0.3, 0.4) is 0 Å². The molecule has 0 unspecified atom stereocenters. The second-order valence-electron chi connectivity index (χ2n) is 6.66. The van der Waals surface area contributed by atoms with Gasteiger partial charge in [0.15, 0.2) is 0 Å². The molecule has 1 amide bonds. The Morgan fingerprint density at radius 3 is 2.92 bits per heavy atom. The lowest BCUT2D eigenvalue weighted by molar-refractivity contribution is -0.117. The van der Waals surface area contributed by atoms with Gasteiger partial charge in [0.05, 0.1) is 12.2 Å². The molecule has 4 heterocycles. The van der Waals surface area contributed by atoms with Gasteiger partial charge in [-0.2, -0.15) is 0 Å². The van der Waals surface area contributed by atoms with Gasteiger partial charge < -0.3 is 9.09 Å². The fourth-order valence-corrected chi connectivity index (χ4v) is 3.63. The molecular formula is C16H22N6O2. The number of amides is 1. The van der Waals surface area contributed by atoms with E-state index in [2.05, 4.69) is 30.1 Å². The molecule has 4 rings (SSSR count). The maximum Gasteiger partial charge on any atom is 0.240 e. The topological polar surface area (TPSA) is 89.1 Å². The Morgan fingerprint density at radius 1 is 1.33 bits per heavy atom. The summed E-state index contributed by atoms with van der Waals surface area (Å²) < 4.78 is 7.31. The summed E-state index contributed by atoms with van der Waals surface area (Å²) >= 11 is 0. The van der Waals surface area contributed by atoms with E-state index in [4.69, 9.17) is 4.52 Å². The molecule has 8 nitrogen and oxygen atoms in total. The number of piperidine rings is 1. The molecule has 0 aromatic carbocycles. The lowest BCUT2D eigenvalue weighted by atomic mass is 9.96. The van der Waals surface area contributed by atoms with Crippen LogP contribution in [0.25, 0.3) is 0 Å². The number of carbonyl (C=O) groups is 1. The largest absolute Gasteiger partial charge is 0.338 e. The van der Waals surface area contributed by atoms with E-state index in [1.54, 1.807) is 6.07 Å². The summed E-state index contributed by atoms with van der Waals surface area (Å²) in [6.45, 7) is 5.05. The molecule has 0 radical (unpaired) electrons. The van der Waals surface area contributed by atoms with Gasteiger partial charge in [-0.15, -0.1) is 10.2 Å². The third-order valence-corrected chi connectivity index (χ3v) is 4.85. The van der Waals surface area contributed by atoms with Gasteiger partial charge in [-0.05, 0) is 39.3 Å². The number of fused-ring (bicyclic) bond motifs is 1. The third-order valence-electron chi connectivity index (χ3n) is 4.85. The molecule has 0 aliphatic carbocycles. The minimum Gasteiger partial charge on any atom is -0.338 e. The molecule has 0 saturated carbocycles. The molecule has 1 N–H and O–H groups in total. The van der Waals surface area contributed by atoms with Crippen LogP contribution in [-0.2, 0) is 17.8 Å². The molecule has 2 aliphatic rings. The van der Waals surface area contributed by atoms with Crippen LogP contribution in [0, 0.1) is 6.92 Å². The standard InChI is InChI=1S/C16H22N6O2/c1-11-9-15(24-20-11)17-14(23)10-21-7-4-12(5-8-21)16-19-18-13-3-2-6-22(13)16/h9,12H,2-8,10H2,1H3,(H,17,23). The van der Waals surface area contributed by atoms with E-state index in [-0.39, 0.29) is 5.91 Å². The summed E-state index contributed by atoms with van der Waals surface area (Å²) in [5.41, 5.74) is 0.756. The van der Waals surface area contributed by atoms with Gasteiger partial charge in [0, 0.05) is 24.9 Å². The summed E-state index contributed by atoms with van der Waals surface area (Å²) in [4.78, 5) is 14.3. The van der Waals surface area contributed by atoms with Crippen LogP contribution in [0.1, 0.15) is 42.5 Å². The number of hydrogen-bond donors (Lipinski definition) is 1. The summed E-state index contributed by atoms with van der Waals surface area (Å²) in [6, 6.07) is 1.72. The molecule has 1 fully saturated rings. The summed E-state index contributed by atoms with van der Waals surface area (Å²) in [5.74, 6) is 3.08. The van der Waals surface area contributed by atoms with Crippen molar-refractivity contribution in [2.24, 2.45) is 0 Å². The van der Waals surface area contributed by atoms with E-state index in [9.17, 15) is 4.79 Å². The van der Waals surface area contributed by atoms with Crippen LogP contribution in [0.4, 0.5) is 5.88 Å². The molecule has 0 spiro atoms. The van der Waals surface area contributed by atoms with E-state index >= 15 is 0 Å². The van der Waals surface area contributed by atoms with Crippen molar-refractivity contribution in [2.75, 3.05) is 25.0 Å². The minimum atomic E-state index is -0.0621. The van der Waals surface area contributed by atoms with Crippen molar-refractivity contribution in [1.29, 1.82) is 0 Å². The third kappa shape index (κ3) is 3.06. The molecule has 0 bridgehead atoms. The van der Waals surface area contributed by atoms with E-state index in [0.29, 0.717) is 18.3 Å². The van der Waals surface area contributed by atoms with E-state index in [1.165, 1.54) is 6.42 Å². The number of hydrogen-bond acceptors (Lipinski definition) is 6. The van der Waals surface area contributed by atoms with Gasteiger partial charge in [0.1, 0.15) is 11.6 Å². The molecule has 0 atom stereocenters. The minimum absolute atomic E-state index is 0.0621. The quantitative estimate of drug-likeness (QED) is 0.910. The number of likely N-dealkylation sites (tertiary alicyclic amines) is 1. The van der Waals surface area contributed by atoms with Crippen molar-refractivity contribution in [3.8, 4) is 0 Å². The van der Waals surface area contributed by atoms with Gasteiger partial charge >= 0.3 is 0 Å². The van der Waals surface area contributed by atoms with Crippen molar-refractivity contribution < 1.29 is 9.32 Å². The molecule has 8 heteroatoms. The predicted molar refractivity (Wildman–Crippen MR) is 86.6 cm³/mol. The fraction of sp³-hybridized carbons (Fsp3) is 0.625. The first-order chi connectivity index (χ1) is 11.7. The number of aryl methyl sites for hydroxylation is 2. The second kappa shape index (κ2) is 6.35. The maximum absolute atomic E-state index is 12.1. The zero-order valence-electron chi connectivity index (χ0n) is 13.9. The van der Waals surface area contributed by atoms with Crippen molar-refractivity contribution >= 4 is 11.8 Å². The van der Waals surface area contributed by atoms with Crippen LogP contribution in [0.2, 0.25) is 0 Å². The number of aromatic nitrogens is 4. The molecule has 24 heavy (non-hydrogen) atoms. The van der Waals surface area contributed by atoms with Crippen molar-refractivity contribution in [1.82, 2.24) is 24.8 Å². The molecule has 2 aliphatic heterocycles. The SMILES string of the molecule is Cc1cc(NC(=O)CN2CCC(c3nnc4n3CCC4)CC2)on1. The van der Waals surface area contributed by atoms with Crippen LogP contribution >= 0.6 is 0 Å². The summed E-state index contributed by atoms with van der Waals surface area (Å²) in [5, 5.41) is 15.2. The van der Waals surface area contributed by atoms with Crippen LogP contribution in [0.5, 0.6) is 0 Å². The molecule has 2 aromatic rings. The van der Waals surface area contributed by atoms with Crippen LogP contribution in [0.15, 0.2) is 10.6 Å². The van der Waals surface area contributed by atoms with Crippen molar-refractivity contribution in [3.05, 3.63) is 23.4 Å². The number of anilines is 1. The number of nitrogens with one attached hydrogen (secondary N) is 1. The summed E-state index contributed by atoms with van der Waals surface area (Å²) in [6.07, 6.45) is 4.27. The van der Waals surface area contributed by atoms with Gasteiger partial charge in [0.2, 0.25) is 11.8 Å². The molecule has 2 aromatic heterocycles. The zero-order valence-corrected chi connectivity index (χ0v) is 13.9. The van der Waals surface area contributed by atoms with Gasteiger partial charge in [0.25, 0.3) is 0 Å². The number of carbonyl (C=O) groups excluding carboxylic acids is 1. The van der Waals surface area contributed by atoms with E-state index < -0.39 is 0 Å². The first kappa shape index (κ1) is 15.3. The highest BCUT2D eigenvalue weighted by atomic mass is 16.5. The van der Waals surface area contributed by atoms with Gasteiger partial charge in [-0.3, -0.25) is 15.0 Å². The van der Waals surface area contributed by atoms with E-state index in [0.717, 1.165) is 56.2 Å². The Balaban J connectivity index is 1.29.